The van der Waals surface area contributed by atoms with Crippen LogP contribution in [0.25, 0.3) is 0 Å². The van der Waals surface area contributed by atoms with Crippen molar-refractivity contribution in [2.75, 3.05) is 47.5 Å². The van der Waals surface area contributed by atoms with E-state index in [1.54, 1.807) is 12.2 Å². The van der Waals surface area contributed by atoms with Crippen LogP contribution in [0.2, 0.25) is 0 Å². The number of carbonyl (C=O) groups is 3. The Morgan fingerprint density at radius 3 is 1.89 bits per heavy atom. The summed E-state index contributed by atoms with van der Waals surface area (Å²) in [6.45, 7) is 4.01. The third kappa shape index (κ3) is 33.9. The number of phosphoric ester groups is 1. The number of esters is 2. The monoisotopic (exact) mass is 913 g/mol. The zero-order valence-electron chi connectivity index (χ0n) is 40.3. The van der Waals surface area contributed by atoms with Crippen LogP contribution in [-0.2, 0) is 37.5 Å². The van der Waals surface area contributed by atoms with Gasteiger partial charge < -0.3 is 29.1 Å². The van der Waals surface area contributed by atoms with Crippen molar-refractivity contribution < 1.29 is 57.1 Å². The topological polar surface area (TPSA) is 166 Å². The number of phosphoric acid groups is 1. The molecule has 0 bridgehead atoms. The molecular weight excluding hydrogens is 822 g/mol. The number of aliphatic hydroxyl groups is 2. The fourth-order valence-electron chi connectivity index (χ4n) is 7.52. The van der Waals surface area contributed by atoms with Crippen LogP contribution in [0.15, 0.2) is 36.5 Å². The number of quaternary nitrogens is 1. The third-order valence-corrected chi connectivity index (χ3v) is 12.5. The van der Waals surface area contributed by atoms with Gasteiger partial charge in [-0.05, 0) is 57.8 Å². The molecule has 0 heterocycles. The van der Waals surface area contributed by atoms with Crippen LogP contribution < -0.4 is 0 Å². The van der Waals surface area contributed by atoms with E-state index < -0.39 is 44.7 Å². The van der Waals surface area contributed by atoms with Gasteiger partial charge in [-0.25, -0.2) is 4.57 Å². The van der Waals surface area contributed by atoms with E-state index in [-0.39, 0.29) is 50.1 Å². The predicted molar refractivity (Wildman–Crippen MR) is 253 cm³/mol. The van der Waals surface area contributed by atoms with Crippen LogP contribution in [0, 0.1) is 11.8 Å². The van der Waals surface area contributed by atoms with Gasteiger partial charge in [0.15, 0.2) is 6.10 Å². The first-order valence-electron chi connectivity index (χ1n) is 24.8. The van der Waals surface area contributed by atoms with E-state index in [4.69, 9.17) is 18.5 Å². The lowest BCUT2D eigenvalue weighted by molar-refractivity contribution is -0.870. The summed E-state index contributed by atoms with van der Waals surface area (Å²) in [5.41, 5.74) is 0. The summed E-state index contributed by atoms with van der Waals surface area (Å²) in [7, 11) is 1.31. The SMILES string of the molecule is CCCCCCCC/C=C\CCCCCCCCCCCC(=O)OC[C@H](COP(=O)(O)OCC[N+](C)(C)C)OC(=O)CCC/C=C\C[C@H]1C(=O)C[C@@H](O)[C@@H]1/C=C/[C@@H](O)CCCCC. The first-order chi connectivity index (χ1) is 30.2. The summed E-state index contributed by atoms with van der Waals surface area (Å²) in [5.74, 6) is -1.72. The number of likely N-dealkylation sites (N-methyl/N-ethyl adjacent to an activating group) is 1. The molecule has 0 amide bonds. The molecule has 6 atom stereocenters. The van der Waals surface area contributed by atoms with Gasteiger partial charge in [-0.3, -0.25) is 23.4 Å². The smallest absolute Gasteiger partial charge is 0.462 e. The molecule has 1 fully saturated rings. The summed E-state index contributed by atoms with van der Waals surface area (Å²) in [5, 5.41) is 20.8. The van der Waals surface area contributed by atoms with Crippen molar-refractivity contribution in [3.63, 3.8) is 0 Å². The van der Waals surface area contributed by atoms with Crippen LogP contribution in [0.3, 0.4) is 0 Å². The second-order valence-corrected chi connectivity index (χ2v) is 20.1. The number of rotatable bonds is 41. The van der Waals surface area contributed by atoms with Gasteiger partial charge in [-0.15, -0.1) is 0 Å². The van der Waals surface area contributed by atoms with Crippen LogP contribution >= 0.6 is 7.82 Å². The van der Waals surface area contributed by atoms with Crippen LogP contribution in [0.5, 0.6) is 0 Å². The Morgan fingerprint density at radius 2 is 1.27 bits per heavy atom. The van der Waals surface area contributed by atoms with Crippen LogP contribution in [0.4, 0.5) is 0 Å². The standard InChI is InChI=1S/C50H90NO11P/c1-6-8-10-11-12-13-14-15-16-17-18-19-20-21-22-23-24-25-30-34-49(55)59-41-44(42-61-63(57,58)60-39-38-51(3,4)5)62-50(56)35-31-27-26-29-33-45-46(48(54)40-47(45)53)37-36-43(52)32-28-9-7-2/h15-16,26,29,36-37,43-46,48,52,54H,6-14,17-25,27-28,30-35,38-42H2,1-5H3/p+1/b16-15-,29-26-,37-36+/t43-,44+,45+,46+,48+/m0/s1. The predicted octanol–water partition coefficient (Wildman–Crippen LogP) is 11.1. The molecule has 1 unspecified atom stereocenters. The maximum absolute atomic E-state index is 12.8. The van der Waals surface area contributed by atoms with Gasteiger partial charge in [0.25, 0.3) is 0 Å². The molecule has 0 saturated heterocycles. The number of nitrogens with zero attached hydrogens (tertiary/aromatic N) is 1. The Bertz CT molecular complexity index is 1330. The van der Waals surface area contributed by atoms with Crippen LogP contribution in [-0.4, -0.2) is 103 Å². The van der Waals surface area contributed by atoms with Gasteiger partial charge in [-0.1, -0.05) is 147 Å². The summed E-state index contributed by atoms with van der Waals surface area (Å²) < 4.78 is 34.3. The van der Waals surface area contributed by atoms with E-state index in [9.17, 15) is 34.1 Å². The van der Waals surface area contributed by atoms with Crippen molar-refractivity contribution in [1.29, 1.82) is 0 Å². The summed E-state index contributed by atoms with van der Waals surface area (Å²) in [6.07, 6.45) is 35.5. The number of allylic oxidation sites excluding steroid dienone is 4. The molecule has 1 rings (SSSR count). The molecule has 0 aliphatic heterocycles. The summed E-state index contributed by atoms with van der Waals surface area (Å²) in [6, 6.07) is 0. The molecule has 1 aliphatic carbocycles. The fourth-order valence-corrected chi connectivity index (χ4v) is 8.26. The van der Waals surface area contributed by atoms with Crippen molar-refractivity contribution in [2.24, 2.45) is 11.8 Å². The second-order valence-electron chi connectivity index (χ2n) is 18.6. The highest BCUT2D eigenvalue weighted by molar-refractivity contribution is 7.47. The van der Waals surface area contributed by atoms with E-state index in [0.717, 1.165) is 38.5 Å². The quantitative estimate of drug-likeness (QED) is 0.0176. The zero-order chi connectivity index (χ0) is 46.6. The van der Waals surface area contributed by atoms with Crippen molar-refractivity contribution in [1.82, 2.24) is 0 Å². The largest absolute Gasteiger partial charge is 0.472 e. The molecule has 1 saturated carbocycles. The third-order valence-electron chi connectivity index (χ3n) is 11.5. The Labute approximate surface area is 382 Å². The molecule has 63 heavy (non-hydrogen) atoms. The average Bonchev–Trinajstić information content (AvgIpc) is 3.50. The van der Waals surface area contributed by atoms with E-state index in [0.29, 0.717) is 43.1 Å². The first-order valence-corrected chi connectivity index (χ1v) is 26.3. The van der Waals surface area contributed by atoms with Gasteiger partial charge in [0.2, 0.25) is 0 Å². The number of Topliss-reactive ketones (excluding diaryl/α,β-unsaturated/α-hetero) is 1. The fraction of sp³-hybridized carbons (Fsp3) is 0.820. The normalized spacial score (nSPS) is 19.0. The van der Waals surface area contributed by atoms with Gasteiger partial charge >= 0.3 is 19.8 Å². The van der Waals surface area contributed by atoms with E-state index >= 15 is 0 Å². The number of ketones is 1. The molecule has 0 spiro atoms. The van der Waals surface area contributed by atoms with Crippen LogP contribution in [0.1, 0.15) is 187 Å². The number of carbonyl (C=O) groups excluding carboxylic acids is 3. The highest BCUT2D eigenvalue weighted by Crippen LogP contribution is 2.43. The molecule has 13 heteroatoms. The lowest BCUT2D eigenvalue weighted by Gasteiger charge is -2.24. The number of unbranched alkanes of at least 4 members (excludes halogenated alkanes) is 18. The van der Waals surface area contributed by atoms with Gasteiger partial charge in [0.1, 0.15) is 25.5 Å². The number of aliphatic hydroxyl groups excluding tert-OH is 2. The Hall–Kier alpha value is -2.18. The minimum absolute atomic E-state index is 0.00459. The summed E-state index contributed by atoms with van der Waals surface area (Å²) >= 11 is 0. The molecule has 12 nitrogen and oxygen atoms in total. The lowest BCUT2D eigenvalue weighted by Crippen LogP contribution is -2.37. The number of hydrogen-bond acceptors (Lipinski definition) is 10. The minimum atomic E-state index is -4.45. The molecule has 1 aliphatic rings. The molecule has 0 aromatic heterocycles. The van der Waals surface area contributed by atoms with E-state index in [1.165, 1.54) is 83.5 Å². The lowest BCUT2D eigenvalue weighted by atomic mass is 9.90. The molecule has 366 valence electrons. The van der Waals surface area contributed by atoms with Gasteiger partial charge in [0, 0.05) is 31.1 Å². The highest BCUT2D eigenvalue weighted by Gasteiger charge is 2.39. The van der Waals surface area contributed by atoms with Gasteiger partial charge in [0.05, 0.1) is 40.0 Å². The van der Waals surface area contributed by atoms with Crippen molar-refractivity contribution in [3.05, 3.63) is 36.5 Å². The molecule has 0 aromatic carbocycles. The van der Waals surface area contributed by atoms with Crippen molar-refractivity contribution >= 4 is 25.5 Å². The Kier molecular flexibility index (Phi) is 34.5. The van der Waals surface area contributed by atoms with Crippen molar-refractivity contribution in [3.8, 4) is 0 Å². The number of ether oxygens (including phenoxy) is 2. The summed E-state index contributed by atoms with van der Waals surface area (Å²) in [4.78, 5) is 48.3. The van der Waals surface area contributed by atoms with Crippen molar-refractivity contribution in [2.45, 2.75) is 206 Å². The Balaban J connectivity index is 2.43. The first kappa shape index (κ1) is 58.8. The molecule has 0 radical (unpaired) electrons. The number of hydrogen-bond donors (Lipinski definition) is 3. The molecular formula is C50H91NO11P+. The minimum Gasteiger partial charge on any atom is -0.462 e. The van der Waals surface area contributed by atoms with E-state index in [1.807, 2.05) is 33.3 Å². The Morgan fingerprint density at radius 1 is 0.730 bits per heavy atom. The molecule has 0 aromatic rings. The maximum atomic E-state index is 12.8. The van der Waals surface area contributed by atoms with E-state index in [2.05, 4.69) is 26.0 Å². The molecule has 3 N–H and O–H groups in total. The maximum Gasteiger partial charge on any atom is 0.472 e. The van der Waals surface area contributed by atoms with Gasteiger partial charge in [-0.2, -0.15) is 0 Å². The average molecular weight is 913 g/mol. The zero-order valence-corrected chi connectivity index (χ0v) is 41.2. The highest BCUT2D eigenvalue weighted by atomic mass is 31.2. The second kappa shape index (κ2) is 37.0.